The van der Waals surface area contributed by atoms with Crippen LogP contribution in [0, 0.1) is 0 Å². The van der Waals surface area contributed by atoms with Crippen molar-refractivity contribution in [3.8, 4) is 0 Å². The van der Waals surface area contributed by atoms with Gasteiger partial charge in [0.05, 0.1) is 25.2 Å². The summed E-state index contributed by atoms with van der Waals surface area (Å²) in [6, 6.07) is -0.727. The van der Waals surface area contributed by atoms with Crippen molar-refractivity contribution >= 4 is 11.9 Å². The topological polar surface area (TPSA) is 95.9 Å². The van der Waals surface area contributed by atoms with Gasteiger partial charge in [-0.15, -0.1) is 0 Å². The van der Waals surface area contributed by atoms with Gasteiger partial charge in [-0.3, -0.25) is 9.59 Å². The average molecular weight is 894 g/mol. The molecule has 0 radical (unpaired) electrons. The van der Waals surface area contributed by atoms with Crippen LogP contribution in [0.15, 0.2) is 72.9 Å². The highest BCUT2D eigenvalue weighted by Gasteiger charge is 2.24. The molecule has 0 aromatic heterocycles. The second-order valence-corrected chi connectivity index (χ2v) is 18.2. The largest absolute Gasteiger partial charge is 0.462 e. The highest BCUT2D eigenvalue weighted by atomic mass is 16.5. The normalized spacial score (nSPS) is 13.8. The molecule has 3 unspecified atom stereocenters. The van der Waals surface area contributed by atoms with E-state index in [-0.39, 0.29) is 31.3 Å². The maximum atomic E-state index is 13.2. The summed E-state index contributed by atoms with van der Waals surface area (Å²) in [5, 5.41) is 23.8. The lowest BCUT2D eigenvalue weighted by Gasteiger charge is -2.24. The van der Waals surface area contributed by atoms with Crippen molar-refractivity contribution in [1.82, 2.24) is 5.32 Å². The Hall–Kier alpha value is -2.70. The number of amides is 1. The molecule has 370 valence electrons. The molecule has 0 bridgehead atoms. The van der Waals surface area contributed by atoms with Gasteiger partial charge in [0.1, 0.15) is 6.10 Å². The highest BCUT2D eigenvalue weighted by Crippen LogP contribution is 2.17. The molecule has 0 aliphatic carbocycles. The van der Waals surface area contributed by atoms with E-state index in [2.05, 4.69) is 92.9 Å². The lowest BCUT2D eigenvalue weighted by molar-refractivity contribution is -0.150. The fourth-order valence-corrected chi connectivity index (χ4v) is 7.95. The summed E-state index contributed by atoms with van der Waals surface area (Å²) < 4.78 is 5.88. The maximum Gasteiger partial charge on any atom is 0.306 e. The molecule has 3 N–H and O–H groups in total. The summed E-state index contributed by atoms with van der Waals surface area (Å²) in [5.41, 5.74) is 0. The lowest BCUT2D eigenvalue weighted by Crippen LogP contribution is -2.46. The number of aliphatic hydroxyl groups excluding tert-OH is 2. The van der Waals surface area contributed by atoms with Crippen LogP contribution in [-0.2, 0) is 14.3 Å². The van der Waals surface area contributed by atoms with E-state index < -0.39 is 18.2 Å². The number of carbonyl (C=O) groups is 2. The summed E-state index contributed by atoms with van der Waals surface area (Å²) in [4.78, 5) is 26.1. The number of aliphatic hydroxyl groups is 2. The zero-order chi connectivity index (χ0) is 46.7. The van der Waals surface area contributed by atoms with E-state index in [9.17, 15) is 19.8 Å². The Kier molecular flexibility index (Phi) is 49.1. The van der Waals surface area contributed by atoms with E-state index in [0.29, 0.717) is 19.3 Å². The van der Waals surface area contributed by atoms with Crippen LogP contribution in [0.4, 0.5) is 0 Å². The average Bonchev–Trinajstić information content (AvgIpc) is 3.29. The fraction of sp³-hybridized carbons (Fsp3) is 0.759. The Labute approximate surface area is 396 Å². The van der Waals surface area contributed by atoms with E-state index in [1.807, 2.05) is 6.08 Å². The van der Waals surface area contributed by atoms with Crippen LogP contribution in [-0.4, -0.2) is 46.9 Å². The van der Waals surface area contributed by atoms with Crippen molar-refractivity contribution in [2.45, 2.75) is 277 Å². The number of carbonyl (C=O) groups excluding carboxylic acids is 2. The van der Waals surface area contributed by atoms with Gasteiger partial charge in [0, 0.05) is 6.42 Å². The number of ether oxygens (including phenoxy) is 1. The molecule has 0 saturated heterocycles. The van der Waals surface area contributed by atoms with Crippen molar-refractivity contribution in [1.29, 1.82) is 0 Å². The molecule has 1 amide bonds. The van der Waals surface area contributed by atoms with Crippen LogP contribution < -0.4 is 5.32 Å². The SMILES string of the molecule is CC/C=C/C/C=C/C/C=C/C/C=C/C/C=C/CCC(=O)OC(CCC/C=C\CCCCCCCCC)CC(=O)NC(CO)C(O)CCCCCCCCCCCCCCCCCCC. The van der Waals surface area contributed by atoms with Gasteiger partial charge in [-0.25, -0.2) is 0 Å². The molecule has 0 aliphatic rings. The van der Waals surface area contributed by atoms with Gasteiger partial charge in [0.25, 0.3) is 0 Å². The summed E-state index contributed by atoms with van der Waals surface area (Å²) in [6.07, 6.45) is 65.5. The first-order valence-corrected chi connectivity index (χ1v) is 27.2. The Balaban J connectivity index is 4.62. The molecular weight excluding hydrogens is 791 g/mol. The molecule has 0 aliphatic heterocycles. The molecule has 6 nitrogen and oxygen atoms in total. The molecule has 0 aromatic rings. The Morgan fingerprint density at radius 3 is 1.31 bits per heavy atom. The summed E-state index contributed by atoms with van der Waals surface area (Å²) >= 11 is 0. The smallest absolute Gasteiger partial charge is 0.306 e. The molecule has 64 heavy (non-hydrogen) atoms. The zero-order valence-corrected chi connectivity index (χ0v) is 42.1. The van der Waals surface area contributed by atoms with Gasteiger partial charge < -0.3 is 20.3 Å². The van der Waals surface area contributed by atoms with Gasteiger partial charge in [0.2, 0.25) is 5.91 Å². The van der Waals surface area contributed by atoms with E-state index in [0.717, 1.165) is 70.6 Å². The minimum atomic E-state index is -0.809. The Morgan fingerprint density at radius 2 is 0.859 bits per heavy atom. The summed E-state index contributed by atoms with van der Waals surface area (Å²) in [6.45, 7) is 6.35. The Morgan fingerprint density at radius 1 is 0.469 bits per heavy atom. The predicted octanol–water partition coefficient (Wildman–Crippen LogP) is 16.6. The predicted molar refractivity (Wildman–Crippen MR) is 278 cm³/mol. The second kappa shape index (κ2) is 51.3. The van der Waals surface area contributed by atoms with Crippen molar-refractivity contribution < 1.29 is 24.5 Å². The highest BCUT2D eigenvalue weighted by molar-refractivity contribution is 5.77. The maximum absolute atomic E-state index is 13.2. The molecule has 0 rings (SSSR count). The van der Waals surface area contributed by atoms with Crippen molar-refractivity contribution in [2.24, 2.45) is 0 Å². The van der Waals surface area contributed by atoms with Gasteiger partial charge in [-0.1, -0.05) is 241 Å². The number of esters is 1. The van der Waals surface area contributed by atoms with Crippen molar-refractivity contribution in [2.75, 3.05) is 6.61 Å². The molecule has 0 spiro atoms. The molecular formula is C58H103NO5. The van der Waals surface area contributed by atoms with Crippen molar-refractivity contribution in [3.63, 3.8) is 0 Å². The zero-order valence-electron chi connectivity index (χ0n) is 42.1. The summed E-state index contributed by atoms with van der Waals surface area (Å²) in [5.74, 6) is -0.601. The van der Waals surface area contributed by atoms with Crippen LogP contribution in [0.5, 0.6) is 0 Å². The first-order chi connectivity index (χ1) is 31.5. The van der Waals surface area contributed by atoms with Crippen LogP contribution in [0.1, 0.15) is 258 Å². The van der Waals surface area contributed by atoms with Gasteiger partial charge in [0.15, 0.2) is 0 Å². The first-order valence-electron chi connectivity index (χ1n) is 27.2. The van der Waals surface area contributed by atoms with E-state index >= 15 is 0 Å². The van der Waals surface area contributed by atoms with Gasteiger partial charge in [-0.05, 0) is 77.0 Å². The number of unbranched alkanes of at least 4 members (excludes halogenated alkanes) is 24. The third-order valence-electron chi connectivity index (χ3n) is 12.0. The molecule has 0 aromatic carbocycles. The van der Waals surface area contributed by atoms with Gasteiger partial charge >= 0.3 is 5.97 Å². The first kappa shape index (κ1) is 61.3. The number of allylic oxidation sites excluding steroid dienone is 12. The monoisotopic (exact) mass is 894 g/mol. The van der Waals surface area contributed by atoms with Crippen LogP contribution in [0.25, 0.3) is 0 Å². The minimum absolute atomic E-state index is 0.0253. The number of nitrogens with one attached hydrogen (secondary N) is 1. The van der Waals surface area contributed by atoms with Crippen molar-refractivity contribution in [3.05, 3.63) is 72.9 Å². The number of hydrogen-bond acceptors (Lipinski definition) is 5. The number of hydrogen-bond donors (Lipinski definition) is 3. The molecule has 0 saturated carbocycles. The van der Waals surface area contributed by atoms with E-state index in [1.54, 1.807) is 0 Å². The second-order valence-electron chi connectivity index (χ2n) is 18.2. The van der Waals surface area contributed by atoms with E-state index in [1.165, 1.54) is 135 Å². The van der Waals surface area contributed by atoms with Gasteiger partial charge in [-0.2, -0.15) is 0 Å². The quantitative estimate of drug-likeness (QED) is 0.0321. The Bertz CT molecular complexity index is 1190. The molecule has 6 heteroatoms. The summed E-state index contributed by atoms with van der Waals surface area (Å²) in [7, 11) is 0. The van der Waals surface area contributed by atoms with Crippen LogP contribution in [0.3, 0.4) is 0 Å². The van der Waals surface area contributed by atoms with Crippen LogP contribution in [0.2, 0.25) is 0 Å². The van der Waals surface area contributed by atoms with Crippen LogP contribution >= 0.6 is 0 Å². The molecule has 0 fully saturated rings. The lowest BCUT2D eigenvalue weighted by atomic mass is 10.0. The third-order valence-corrected chi connectivity index (χ3v) is 12.0. The molecule has 0 heterocycles. The standard InChI is InChI=1S/C58H103NO5/c1-4-7-10-13-16-19-22-25-27-29-30-32-35-38-41-44-47-50-56(61)55(53-60)59-57(62)52-54(49-46-43-40-37-34-24-21-18-15-12-9-6-3)64-58(63)51-48-45-42-39-36-33-31-28-26-23-20-17-14-11-8-5-2/h8,11,17,20,26,28,33,36-37,40,42,45,54-56,60-61H,4-7,9-10,12-16,18-19,21-25,27,29-32,34-35,38-39,41,43-44,46-53H2,1-3H3,(H,59,62)/b11-8+,20-17+,28-26+,36-33+,40-37-,45-42+. The third kappa shape index (κ3) is 45.9. The molecule has 3 atom stereocenters. The number of rotatable bonds is 48. The van der Waals surface area contributed by atoms with E-state index in [4.69, 9.17) is 4.74 Å². The fourth-order valence-electron chi connectivity index (χ4n) is 7.95. The minimum Gasteiger partial charge on any atom is -0.462 e.